The van der Waals surface area contributed by atoms with Crippen molar-refractivity contribution in [2.75, 3.05) is 7.11 Å². The highest BCUT2D eigenvalue weighted by atomic mass is 35.5. The van der Waals surface area contributed by atoms with E-state index in [1.807, 2.05) is 29.4 Å². The molecule has 0 saturated carbocycles. The molecule has 1 aliphatic rings. The van der Waals surface area contributed by atoms with Gasteiger partial charge in [0.1, 0.15) is 5.03 Å². The van der Waals surface area contributed by atoms with Gasteiger partial charge in [-0.25, -0.2) is 0 Å². The predicted octanol–water partition coefficient (Wildman–Crippen LogP) is 2.57. The number of hydrogen-bond donors (Lipinski definition) is 1. The maximum atomic E-state index is 5.93. The van der Waals surface area contributed by atoms with Gasteiger partial charge in [0.25, 0.3) is 0 Å². The topological polar surface area (TPSA) is 24.5 Å². The van der Waals surface area contributed by atoms with Crippen LogP contribution in [-0.2, 0) is 11.3 Å². The number of benzene rings is 1. The van der Waals surface area contributed by atoms with Gasteiger partial charge in [-0.05, 0) is 5.56 Å². The molecular weight excluding hydrogens is 224 g/mol. The van der Waals surface area contributed by atoms with E-state index in [1.54, 1.807) is 13.3 Å². The average Bonchev–Trinajstić information content (AvgIpc) is 2.33. The molecule has 3 nitrogen and oxygen atoms in total. The quantitative estimate of drug-likeness (QED) is 0.873. The van der Waals surface area contributed by atoms with Crippen LogP contribution >= 0.6 is 11.6 Å². The Bertz CT molecular complexity index is 414. The van der Waals surface area contributed by atoms with Gasteiger partial charge in [0.2, 0.25) is 0 Å². The Hall–Kier alpha value is -1.61. The number of halogens is 1. The summed E-state index contributed by atoms with van der Waals surface area (Å²) in [5, 5.41) is 2.49. The lowest BCUT2D eigenvalue weighted by atomic mass is 10.2. The van der Waals surface area contributed by atoms with Crippen LogP contribution in [0.4, 0.5) is 0 Å². The molecule has 1 aromatic carbocycles. The molecule has 1 heterocycles. The second-order valence-corrected chi connectivity index (χ2v) is 3.84. The third kappa shape index (κ3) is 2.49. The lowest BCUT2D eigenvalue weighted by molar-refractivity contribution is 0.246. The summed E-state index contributed by atoms with van der Waals surface area (Å²) in [7, 11) is 1.61. The molecule has 0 unspecified atom stereocenters. The Labute approximate surface area is 99.9 Å². The monoisotopic (exact) mass is 236 g/mol. The predicted molar refractivity (Wildman–Crippen MR) is 64.1 cm³/mol. The summed E-state index contributed by atoms with van der Waals surface area (Å²) >= 11 is 5.93. The highest BCUT2D eigenvalue weighted by Gasteiger charge is 2.11. The zero-order chi connectivity index (χ0) is 11.4. The summed E-state index contributed by atoms with van der Waals surface area (Å²) in [5.74, 6) is 0.663. The van der Waals surface area contributed by atoms with Gasteiger partial charge in [-0.1, -0.05) is 41.9 Å². The second kappa shape index (κ2) is 4.94. The first-order valence-electron chi connectivity index (χ1n) is 4.98. The van der Waals surface area contributed by atoms with Crippen molar-refractivity contribution in [1.82, 2.24) is 10.4 Å². The van der Waals surface area contributed by atoms with Gasteiger partial charge < -0.3 is 10.2 Å². The largest absolute Gasteiger partial charge is 0.494 e. The number of hydrogen-bond acceptors (Lipinski definition) is 3. The summed E-state index contributed by atoms with van der Waals surface area (Å²) in [6.07, 6.45) is 3.55. The van der Waals surface area contributed by atoms with Crippen LogP contribution in [0.25, 0.3) is 0 Å². The van der Waals surface area contributed by atoms with Crippen molar-refractivity contribution in [3.8, 4) is 0 Å². The molecule has 0 fully saturated rings. The highest BCUT2D eigenvalue weighted by Crippen LogP contribution is 2.19. The maximum Gasteiger partial charge on any atom is 0.156 e. The number of rotatable bonds is 3. The normalized spacial score (nSPS) is 15.0. The van der Waals surface area contributed by atoms with Gasteiger partial charge in [-0.2, -0.15) is 0 Å². The first kappa shape index (κ1) is 10.9. The van der Waals surface area contributed by atoms with Crippen molar-refractivity contribution in [3.63, 3.8) is 0 Å². The summed E-state index contributed by atoms with van der Waals surface area (Å²) in [4.78, 5) is 0. The van der Waals surface area contributed by atoms with Crippen molar-refractivity contribution in [2.24, 2.45) is 0 Å². The average molecular weight is 237 g/mol. The lowest BCUT2D eigenvalue weighted by Crippen LogP contribution is -2.31. The van der Waals surface area contributed by atoms with E-state index in [0.717, 1.165) is 6.54 Å². The summed E-state index contributed by atoms with van der Waals surface area (Å²) in [6.45, 7) is 0.758. The van der Waals surface area contributed by atoms with Crippen LogP contribution in [0, 0.1) is 0 Å². The molecule has 0 spiro atoms. The lowest BCUT2D eigenvalue weighted by Gasteiger charge is -2.25. The van der Waals surface area contributed by atoms with Crippen molar-refractivity contribution in [3.05, 3.63) is 59.1 Å². The Balaban J connectivity index is 2.06. The second-order valence-electron chi connectivity index (χ2n) is 3.43. The molecule has 0 radical (unpaired) electrons. The van der Waals surface area contributed by atoms with E-state index < -0.39 is 0 Å². The van der Waals surface area contributed by atoms with Gasteiger partial charge in [0.05, 0.1) is 19.9 Å². The van der Waals surface area contributed by atoms with Crippen molar-refractivity contribution in [2.45, 2.75) is 6.54 Å². The molecule has 1 aromatic rings. The van der Waals surface area contributed by atoms with Crippen LogP contribution in [0.15, 0.2) is 53.5 Å². The van der Waals surface area contributed by atoms with E-state index in [2.05, 4.69) is 17.6 Å². The smallest absolute Gasteiger partial charge is 0.156 e. The van der Waals surface area contributed by atoms with E-state index in [4.69, 9.17) is 16.3 Å². The van der Waals surface area contributed by atoms with E-state index in [-0.39, 0.29) is 0 Å². The maximum absolute atomic E-state index is 5.93. The Morgan fingerprint density at radius 2 is 2.06 bits per heavy atom. The van der Waals surface area contributed by atoms with Gasteiger partial charge in [0, 0.05) is 6.20 Å². The van der Waals surface area contributed by atoms with Gasteiger partial charge in [-0.15, -0.1) is 0 Å². The molecule has 1 aliphatic heterocycles. The molecule has 1 N–H and O–H groups in total. The van der Waals surface area contributed by atoms with Crippen molar-refractivity contribution >= 4 is 11.6 Å². The number of nitrogens with zero attached hydrogens (tertiary/aromatic N) is 1. The first-order valence-corrected chi connectivity index (χ1v) is 5.36. The summed E-state index contributed by atoms with van der Waals surface area (Å²) in [5.41, 5.74) is 4.28. The number of methoxy groups -OCH3 is 1. The molecule has 16 heavy (non-hydrogen) atoms. The Morgan fingerprint density at radius 1 is 1.31 bits per heavy atom. The summed E-state index contributed by atoms with van der Waals surface area (Å²) in [6, 6.07) is 10.2. The van der Waals surface area contributed by atoms with Crippen LogP contribution in [0.2, 0.25) is 0 Å². The Kier molecular flexibility index (Phi) is 3.37. The Morgan fingerprint density at radius 3 is 2.75 bits per heavy atom. The molecule has 4 heteroatoms. The molecular formula is C12H13ClN2O. The third-order valence-corrected chi connectivity index (χ3v) is 2.58. The molecule has 0 aromatic heterocycles. The van der Waals surface area contributed by atoms with E-state index in [1.165, 1.54) is 5.56 Å². The molecule has 0 atom stereocenters. The van der Waals surface area contributed by atoms with E-state index in [0.29, 0.717) is 10.8 Å². The number of ether oxygens (including phenoxy) is 1. The fourth-order valence-corrected chi connectivity index (χ4v) is 1.65. The minimum atomic E-state index is 0.576. The van der Waals surface area contributed by atoms with E-state index in [9.17, 15) is 0 Å². The van der Waals surface area contributed by atoms with Crippen LogP contribution in [0.3, 0.4) is 0 Å². The number of hydrazine groups is 1. The molecule has 2 rings (SSSR count). The molecule has 0 amide bonds. The zero-order valence-corrected chi connectivity index (χ0v) is 9.74. The van der Waals surface area contributed by atoms with Gasteiger partial charge >= 0.3 is 0 Å². The number of nitrogens with one attached hydrogen (secondary N) is 1. The fraction of sp³-hybridized carbons (Fsp3) is 0.167. The van der Waals surface area contributed by atoms with Crippen LogP contribution < -0.4 is 5.43 Å². The first-order chi connectivity index (χ1) is 7.79. The molecule has 0 saturated heterocycles. The van der Waals surface area contributed by atoms with Gasteiger partial charge in [-0.3, -0.25) is 5.01 Å². The minimum Gasteiger partial charge on any atom is -0.494 e. The highest BCUT2D eigenvalue weighted by molar-refractivity contribution is 6.31. The standard InChI is InChI=1S/C12H13ClN2O/c1-16-12-9-15(14-7-11(12)13)8-10-5-3-2-4-6-10/h2-7,9,14H,8H2,1H3. The fourth-order valence-electron chi connectivity index (χ4n) is 1.47. The summed E-state index contributed by atoms with van der Waals surface area (Å²) < 4.78 is 5.15. The molecule has 0 aliphatic carbocycles. The van der Waals surface area contributed by atoms with Crippen molar-refractivity contribution in [1.29, 1.82) is 0 Å². The van der Waals surface area contributed by atoms with Crippen molar-refractivity contribution < 1.29 is 4.74 Å². The SMILES string of the molecule is COC1=CN(Cc2ccccc2)NC=C1Cl. The van der Waals surface area contributed by atoms with Crippen LogP contribution in [0.5, 0.6) is 0 Å². The minimum absolute atomic E-state index is 0.576. The zero-order valence-electron chi connectivity index (χ0n) is 8.98. The molecule has 84 valence electrons. The molecule has 0 bridgehead atoms. The third-order valence-electron chi connectivity index (χ3n) is 2.28. The van der Waals surface area contributed by atoms with E-state index >= 15 is 0 Å². The van der Waals surface area contributed by atoms with Gasteiger partial charge in [0.15, 0.2) is 5.76 Å². The van der Waals surface area contributed by atoms with Crippen LogP contribution in [-0.4, -0.2) is 12.1 Å². The number of allylic oxidation sites excluding steroid dienone is 1. The van der Waals surface area contributed by atoms with Crippen LogP contribution in [0.1, 0.15) is 5.56 Å².